The fourth-order valence-electron chi connectivity index (χ4n) is 3.85. The first-order chi connectivity index (χ1) is 8.66. The molecule has 0 bridgehead atoms. The molecule has 0 spiro atoms. The minimum atomic E-state index is 0.137. The van der Waals surface area contributed by atoms with Crippen LogP contribution in [0.4, 0.5) is 0 Å². The van der Waals surface area contributed by atoms with Crippen LogP contribution in [0, 0.1) is 12.8 Å². The van der Waals surface area contributed by atoms with E-state index in [9.17, 15) is 4.79 Å². The van der Waals surface area contributed by atoms with Crippen molar-refractivity contribution in [3.8, 4) is 0 Å². The highest BCUT2D eigenvalue weighted by atomic mass is 16.1. The van der Waals surface area contributed by atoms with Gasteiger partial charge in [-0.05, 0) is 59.8 Å². The van der Waals surface area contributed by atoms with E-state index < -0.39 is 0 Å². The van der Waals surface area contributed by atoms with Gasteiger partial charge in [-0.15, -0.1) is 0 Å². The number of ketones is 1. The van der Waals surface area contributed by atoms with Crippen molar-refractivity contribution in [3.05, 3.63) is 34.4 Å². The van der Waals surface area contributed by atoms with Crippen LogP contribution in [-0.2, 0) is 10.8 Å². The second-order valence-corrected chi connectivity index (χ2v) is 6.98. The van der Waals surface area contributed by atoms with Gasteiger partial charge in [-0.3, -0.25) is 4.79 Å². The number of fused-ring (bicyclic) bond motifs is 1. The van der Waals surface area contributed by atoms with E-state index in [0.29, 0.717) is 5.92 Å². The smallest absolute Gasteiger partial charge is 0.160 e. The zero-order valence-electron chi connectivity index (χ0n) is 13.3. The van der Waals surface area contributed by atoms with Crippen LogP contribution in [0.3, 0.4) is 0 Å². The number of Topliss-reactive ketones (excluding diaryl/α,β-unsaturated/α-hetero) is 1. The normalized spacial score (nSPS) is 28.3. The topological polar surface area (TPSA) is 17.1 Å². The number of benzene rings is 1. The highest BCUT2D eigenvalue weighted by Gasteiger charge is 2.50. The molecule has 0 saturated carbocycles. The van der Waals surface area contributed by atoms with Crippen molar-refractivity contribution in [1.82, 2.24) is 0 Å². The van der Waals surface area contributed by atoms with Gasteiger partial charge < -0.3 is 0 Å². The van der Waals surface area contributed by atoms with E-state index in [-0.39, 0.29) is 16.6 Å². The molecule has 1 aromatic rings. The Kier molecular flexibility index (Phi) is 3.16. The first-order valence-electron chi connectivity index (χ1n) is 7.32. The largest absolute Gasteiger partial charge is 0.295 e. The highest BCUT2D eigenvalue weighted by Crippen LogP contribution is 2.55. The molecule has 0 unspecified atom stereocenters. The number of aryl methyl sites for hydroxylation is 1. The summed E-state index contributed by atoms with van der Waals surface area (Å²) < 4.78 is 0. The summed E-state index contributed by atoms with van der Waals surface area (Å²) in [6.45, 7) is 15.4. The molecule has 1 nitrogen and oxygen atoms in total. The van der Waals surface area contributed by atoms with Crippen LogP contribution in [0.5, 0.6) is 0 Å². The third-order valence-corrected chi connectivity index (χ3v) is 5.83. The lowest BCUT2D eigenvalue weighted by Crippen LogP contribution is -2.32. The Hall–Kier alpha value is -1.11. The van der Waals surface area contributed by atoms with E-state index in [2.05, 4.69) is 53.7 Å². The van der Waals surface area contributed by atoms with Crippen LogP contribution >= 0.6 is 0 Å². The van der Waals surface area contributed by atoms with Crippen LogP contribution in [0.2, 0.25) is 0 Å². The van der Waals surface area contributed by atoms with Crippen LogP contribution in [0.15, 0.2) is 12.1 Å². The van der Waals surface area contributed by atoms with E-state index in [1.165, 1.54) is 11.1 Å². The lowest BCUT2D eigenvalue weighted by atomic mass is 9.69. The molecule has 0 aliphatic heterocycles. The molecule has 1 heteroatoms. The standard InChI is InChI=1S/C18H26O/c1-8-18(7)13(4)17(5,6)15-10-14(12(3)19)11(2)9-16(15)18/h9-10,13H,8H2,1-7H3/t13-,18-/m1/s1. The van der Waals surface area contributed by atoms with Gasteiger partial charge in [0, 0.05) is 5.56 Å². The van der Waals surface area contributed by atoms with Crippen molar-refractivity contribution in [2.24, 2.45) is 5.92 Å². The number of carbonyl (C=O) groups is 1. The number of hydrogen-bond acceptors (Lipinski definition) is 1. The minimum Gasteiger partial charge on any atom is -0.295 e. The van der Waals surface area contributed by atoms with Crippen LogP contribution in [0.25, 0.3) is 0 Å². The number of carbonyl (C=O) groups excluding carboxylic acids is 1. The van der Waals surface area contributed by atoms with E-state index in [1.807, 2.05) is 0 Å². The first kappa shape index (κ1) is 14.3. The highest BCUT2D eigenvalue weighted by molar-refractivity contribution is 5.96. The Morgan fingerprint density at radius 2 is 1.79 bits per heavy atom. The minimum absolute atomic E-state index is 0.137. The summed E-state index contributed by atoms with van der Waals surface area (Å²) in [5.74, 6) is 0.760. The Labute approximate surface area is 117 Å². The third kappa shape index (κ3) is 1.78. The summed E-state index contributed by atoms with van der Waals surface area (Å²) in [6, 6.07) is 4.42. The SMILES string of the molecule is CC[C@@]1(C)c2cc(C)c(C(C)=O)cc2C(C)(C)[C@H]1C. The maximum Gasteiger partial charge on any atom is 0.160 e. The van der Waals surface area contributed by atoms with E-state index >= 15 is 0 Å². The molecular weight excluding hydrogens is 232 g/mol. The number of hydrogen-bond donors (Lipinski definition) is 0. The molecule has 19 heavy (non-hydrogen) atoms. The van der Waals surface area contributed by atoms with Crippen molar-refractivity contribution >= 4 is 5.78 Å². The van der Waals surface area contributed by atoms with Crippen LogP contribution < -0.4 is 0 Å². The zero-order chi connectivity index (χ0) is 14.6. The van der Waals surface area contributed by atoms with Gasteiger partial charge in [-0.1, -0.05) is 40.7 Å². The Balaban J connectivity index is 2.77. The summed E-state index contributed by atoms with van der Waals surface area (Å²) in [5, 5.41) is 0. The quantitative estimate of drug-likeness (QED) is 0.697. The van der Waals surface area contributed by atoms with Gasteiger partial charge in [-0.25, -0.2) is 0 Å². The average Bonchev–Trinajstić information content (AvgIpc) is 2.48. The van der Waals surface area contributed by atoms with Crippen LogP contribution in [-0.4, -0.2) is 5.78 Å². The molecule has 0 N–H and O–H groups in total. The monoisotopic (exact) mass is 258 g/mol. The molecule has 104 valence electrons. The van der Waals surface area contributed by atoms with E-state index in [1.54, 1.807) is 6.92 Å². The molecule has 2 atom stereocenters. The third-order valence-electron chi connectivity index (χ3n) is 5.83. The fourth-order valence-corrected chi connectivity index (χ4v) is 3.85. The molecular formula is C18H26O. The van der Waals surface area contributed by atoms with Gasteiger partial charge in [0.15, 0.2) is 5.78 Å². The van der Waals surface area contributed by atoms with Crippen molar-refractivity contribution in [3.63, 3.8) is 0 Å². The average molecular weight is 258 g/mol. The van der Waals surface area contributed by atoms with Gasteiger partial charge in [0.25, 0.3) is 0 Å². The zero-order valence-corrected chi connectivity index (χ0v) is 13.3. The maximum atomic E-state index is 11.8. The molecule has 0 amide bonds. The first-order valence-corrected chi connectivity index (χ1v) is 7.32. The van der Waals surface area contributed by atoms with Crippen molar-refractivity contribution in [2.75, 3.05) is 0 Å². The summed E-state index contributed by atoms with van der Waals surface area (Å²) in [4.78, 5) is 11.8. The summed E-state index contributed by atoms with van der Waals surface area (Å²) >= 11 is 0. The van der Waals surface area contributed by atoms with Gasteiger partial charge in [0.2, 0.25) is 0 Å². The maximum absolute atomic E-state index is 11.8. The van der Waals surface area contributed by atoms with E-state index in [0.717, 1.165) is 17.5 Å². The summed E-state index contributed by atoms with van der Waals surface area (Å²) in [7, 11) is 0. The van der Waals surface area contributed by atoms with E-state index in [4.69, 9.17) is 0 Å². The second-order valence-electron chi connectivity index (χ2n) is 6.98. The molecule has 1 aromatic carbocycles. The van der Waals surface area contributed by atoms with Crippen molar-refractivity contribution < 1.29 is 4.79 Å². The summed E-state index contributed by atoms with van der Waals surface area (Å²) in [5.41, 5.74) is 5.20. The Morgan fingerprint density at radius 3 is 2.26 bits per heavy atom. The van der Waals surface area contributed by atoms with Crippen molar-refractivity contribution in [1.29, 1.82) is 0 Å². The summed E-state index contributed by atoms with van der Waals surface area (Å²) in [6.07, 6.45) is 1.14. The van der Waals surface area contributed by atoms with Crippen LogP contribution in [0.1, 0.15) is 75.0 Å². The molecule has 0 radical (unpaired) electrons. The second kappa shape index (κ2) is 4.19. The van der Waals surface area contributed by atoms with Gasteiger partial charge in [0.1, 0.15) is 0 Å². The predicted octanol–water partition coefficient (Wildman–Crippen LogP) is 4.79. The fraction of sp³-hybridized carbons (Fsp3) is 0.611. The molecule has 2 rings (SSSR count). The Bertz CT molecular complexity index is 539. The molecule has 1 aliphatic rings. The lowest BCUT2D eigenvalue weighted by molar-refractivity contribution is 0.101. The van der Waals surface area contributed by atoms with Gasteiger partial charge in [0.05, 0.1) is 0 Å². The molecule has 0 aromatic heterocycles. The molecule has 0 fully saturated rings. The Morgan fingerprint density at radius 1 is 1.21 bits per heavy atom. The molecule has 1 aliphatic carbocycles. The van der Waals surface area contributed by atoms with Crippen molar-refractivity contribution in [2.45, 2.75) is 65.7 Å². The lowest BCUT2D eigenvalue weighted by Gasteiger charge is -2.35. The van der Waals surface area contributed by atoms with Gasteiger partial charge >= 0.3 is 0 Å². The number of rotatable bonds is 2. The molecule has 0 saturated heterocycles. The predicted molar refractivity (Wildman–Crippen MR) is 81.0 cm³/mol. The van der Waals surface area contributed by atoms with Gasteiger partial charge in [-0.2, -0.15) is 0 Å². The molecule has 0 heterocycles.